The van der Waals surface area contributed by atoms with E-state index in [2.05, 4.69) is 35.1 Å². The molecule has 2 atom stereocenters. The molecule has 0 saturated carbocycles. The number of rotatable bonds is 4. The number of nitrogens with one attached hydrogen (secondary N) is 2. The Morgan fingerprint density at radius 3 is 3.27 bits per heavy atom. The lowest BCUT2D eigenvalue weighted by Crippen LogP contribution is -2.36. The maximum absolute atomic E-state index is 3.63. The molecule has 84 valence electrons. The van der Waals surface area contributed by atoms with Gasteiger partial charge in [-0.25, -0.2) is 0 Å². The summed E-state index contributed by atoms with van der Waals surface area (Å²) < 4.78 is 0. The number of hydrogen-bond acceptors (Lipinski definition) is 3. The second-order valence-electron chi connectivity index (χ2n) is 4.36. The standard InChI is InChI=1S/C12H20N2S/c1-10(12-5-3-7-15-12)14-9-11-4-2-6-13-8-11/h3,5,7,10-11,13-14H,2,4,6,8-9H2,1H3/t10-,11+/m0/s1. The van der Waals surface area contributed by atoms with E-state index in [0.717, 1.165) is 12.5 Å². The molecule has 2 N–H and O–H groups in total. The minimum absolute atomic E-state index is 0.506. The van der Waals surface area contributed by atoms with Gasteiger partial charge in [0.2, 0.25) is 0 Å². The van der Waals surface area contributed by atoms with Crippen LogP contribution >= 0.6 is 11.3 Å². The van der Waals surface area contributed by atoms with Crippen molar-refractivity contribution in [3.8, 4) is 0 Å². The van der Waals surface area contributed by atoms with Crippen molar-refractivity contribution in [1.82, 2.24) is 10.6 Å². The van der Waals surface area contributed by atoms with Gasteiger partial charge in [0.1, 0.15) is 0 Å². The van der Waals surface area contributed by atoms with Gasteiger partial charge in [-0.1, -0.05) is 6.07 Å². The smallest absolute Gasteiger partial charge is 0.0386 e. The highest BCUT2D eigenvalue weighted by molar-refractivity contribution is 7.10. The van der Waals surface area contributed by atoms with Crippen molar-refractivity contribution in [2.45, 2.75) is 25.8 Å². The van der Waals surface area contributed by atoms with Gasteiger partial charge in [-0.15, -0.1) is 11.3 Å². The molecule has 1 aromatic heterocycles. The molecule has 15 heavy (non-hydrogen) atoms. The van der Waals surface area contributed by atoms with Crippen LogP contribution in [0.2, 0.25) is 0 Å². The van der Waals surface area contributed by atoms with E-state index in [-0.39, 0.29) is 0 Å². The van der Waals surface area contributed by atoms with Crippen molar-refractivity contribution in [3.05, 3.63) is 22.4 Å². The minimum Gasteiger partial charge on any atom is -0.316 e. The minimum atomic E-state index is 0.506. The molecule has 0 aliphatic carbocycles. The maximum Gasteiger partial charge on any atom is 0.0386 e. The molecule has 1 aromatic rings. The number of thiophene rings is 1. The molecule has 0 aromatic carbocycles. The van der Waals surface area contributed by atoms with Crippen molar-refractivity contribution >= 4 is 11.3 Å². The Morgan fingerprint density at radius 2 is 2.60 bits per heavy atom. The third-order valence-corrected chi connectivity index (χ3v) is 4.14. The molecular formula is C12H20N2S. The van der Waals surface area contributed by atoms with Gasteiger partial charge < -0.3 is 10.6 Å². The predicted octanol–water partition coefficient (Wildman–Crippen LogP) is 2.40. The second-order valence-corrected chi connectivity index (χ2v) is 5.34. The van der Waals surface area contributed by atoms with E-state index in [1.54, 1.807) is 0 Å². The Bertz CT molecular complexity index is 265. The fourth-order valence-electron chi connectivity index (χ4n) is 2.08. The molecule has 0 radical (unpaired) electrons. The molecule has 1 aliphatic rings. The Labute approximate surface area is 96.1 Å². The Balaban J connectivity index is 1.73. The van der Waals surface area contributed by atoms with Crippen LogP contribution < -0.4 is 10.6 Å². The molecule has 2 heterocycles. The topological polar surface area (TPSA) is 24.1 Å². The van der Waals surface area contributed by atoms with Crippen molar-refractivity contribution in [3.63, 3.8) is 0 Å². The van der Waals surface area contributed by atoms with E-state index >= 15 is 0 Å². The van der Waals surface area contributed by atoms with Crippen LogP contribution in [-0.4, -0.2) is 19.6 Å². The molecule has 1 saturated heterocycles. The van der Waals surface area contributed by atoms with Crippen LogP contribution in [0, 0.1) is 5.92 Å². The van der Waals surface area contributed by atoms with Crippen LogP contribution in [-0.2, 0) is 0 Å². The predicted molar refractivity (Wildman–Crippen MR) is 66.3 cm³/mol. The molecule has 1 fully saturated rings. The highest BCUT2D eigenvalue weighted by Gasteiger charge is 2.14. The van der Waals surface area contributed by atoms with Crippen molar-refractivity contribution < 1.29 is 0 Å². The zero-order valence-corrected chi connectivity index (χ0v) is 10.1. The molecule has 2 rings (SSSR count). The quantitative estimate of drug-likeness (QED) is 0.820. The van der Waals surface area contributed by atoms with Gasteiger partial charge in [-0.05, 0) is 56.8 Å². The SMILES string of the molecule is C[C@H](NC[C@@H]1CCCNC1)c1cccs1. The summed E-state index contributed by atoms with van der Waals surface area (Å²) in [6, 6.07) is 4.84. The van der Waals surface area contributed by atoms with Crippen LogP contribution in [0.1, 0.15) is 30.7 Å². The molecule has 0 unspecified atom stereocenters. The molecule has 1 aliphatic heterocycles. The van der Waals surface area contributed by atoms with Crippen molar-refractivity contribution in [2.24, 2.45) is 5.92 Å². The molecular weight excluding hydrogens is 204 g/mol. The first kappa shape index (κ1) is 11.1. The van der Waals surface area contributed by atoms with E-state index in [1.807, 2.05) is 11.3 Å². The fraction of sp³-hybridized carbons (Fsp3) is 0.667. The third-order valence-electron chi connectivity index (χ3n) is 3.08. The lowest BCUT2D eigenvalue weighted by Gasteiger charge is -2.24. The normalized spacial score (nSPS) is 23.9. The van der Waals surface area contributed by atoms with Gasteiger partial charge >= 0.3 is 0 Å². The first-order valence-corrected chi connectivity index (χ1v) is 6.71. The summed E-state index contributed by atoms with van der Waals surface area (Å²) in [6.07, 6.45) is 2.71. The highest BCUT2D eigenvalue weighted by Crippen LogP contribution is 2.19. The first-order valence-electron chi connectivity index (χ1n) is 5.84. The zero-order chi connectivity index (χ0) is 10.5. The van der Waals surface area contributed by atoms with Crippen molar-refractivity contribution in [2.75, 3.05) is 19.6 Å². The second kappa shape index (κ2) is 5.64. The highest BCUT2D eigenvalue weighted by atomic mass is 32.1. The summed E-state index contributed by atoms with van der Waals surface area (Å²) >= 11 is 1.84. The summed E-state index contributed by atoms with van der Waals surface area (Å²) in [5.41, 5.74) is 0. The van der Waals surface area contributed by atoms with Gasteiger partial charge in [0.15, 0.2) is 0 Å². The lowest BCUT2D eigenvalue weighted by molar-refractivity contribution is 0.349. The molecule has 0 bridgehead atoms. The Kier molecular flexibility index (Phi) is 4.18. The van der Waals surface area contributed by atoms with Crippen LogP contribution in [0.5, 0.6) is 0 Å². The maximum atomic E-state index is 3.63. The summed E-state index contributed by atoms with van der Waals surface area (Å²) in [5, 5.41) is 9.23. The van der Waals surface area contributed by atoms with Crippen LogP contribution in [0.4, 0.5) is 0 Å². The van der Waals surface area contributed by atoms with Gasteiger partial charge in [-0.3, -0.25) is 0 Å². The monoisotopic (exact) mass is 224 g/mol. The Morgan fingerprint density at radius 1 is 1.67 bits per heavy atom. The molecule has 0 amide bonds. The largest absolute Gasteiger partial charge is 0.316 e. The van der Waals surface area contributed by atoms with Gasteiger partial charge in [0, 0.05) is 10.9 Å². The van der Waals surface area contributed by atoms with Gasteiger partial charge in [0.25, 0.3) is 0 Å². The van der Waals surface area contributed by atoms with E-state index in [0.29, 0.717) is 6.04 Å². The van der Waals surface area contributed by atoms with Crippen LogP contribution in [0.25, 0.3) is 0 Å². The summed E-state index contributed by atoms with van der Waals surface area (Å²) in [4.78, 5) is 1.44. The molecule has 2 nitrogen and oxygen atoms in total. The van der Waals surface area contributed by atoms with E-state index < -0.39 is 0 Å². The molecule has 0 spiro atoms. The fourth-order valence-corrected chi connectivity index (χ4v) is 2.84. The van der Waals surface area contributed by atoms with E-state index in [1.165, 1.54) is 30.8 Å². The average molecular weight is 224 g/mol. The lowest BCUT2D eigenvalue weighted by atomic mass is 9.99. The first-order chi connectivity index (χ1) is 7.36. The molecule has 3 heteroatoms. The summed E-state index contributed by atoms with van der Waals surface area (Å²) in [7, 11) is 0. The Hall–Kier alpha value is -0.380. The summed E-state index contributed by atoms with van der Waals surface area (Å²) in [5.74, 6) is 0.821. The van der Waals surface area contributed by atoms with Crippen molar-refractivity contribution in [1.29, 1.82) is 0 Å². The summed E-state index contributed by atoms with van der Waals surface area (Å²) in [6.45, 7) is 5.79. The number of hydrogen-bond donors (Lipinski definition) is 2. The van der Waals surface area contributed by atoms with E-state index in [9.17, 15) is 0 Å². The van der Waals surface area contributed by atoms with Crippen LogP contribution in [0.3, 0.4) is 0 Å². The van der Waals surface area contributed by atoms with Gasteiger partial charge in [-0.2, -0.15) is 0 Å². The van der Waals surface area contributed by atoms with E-state index in [4.69, 9.17) is 0 Å². The zero-order valence-electron chi connectivity index (χ0n) is 9.33. The average Bonchev–Trinajstić information content (AvgIpc) is 2.81. The van der Waals surface area contributed by atoms with Crippen LogP contribution in [0.15, 0.2) is 17.5 Å². The van der Waals surface area contributed by atoms with Gasteiger partial charge in [0.05, 0.1) is 0 Å². The third kappa shape index (κ3) is 3.30. The number of piperidine rings is 1.